The summed E-state index contributed by atoms with van der Waals surface area (Å²) in [5.74, 6) is 1.66. The third-order valence-electron chi connectivity index (χ3n) is 3.86. The average molecular weight is 404 g/mol. The van der Waals surface area contributed by atoms with Crippen LogP contribution in [-0.2, 0) is 46.7 Å². The van der Waals surface area contributed by atoms with Crippen LogP contribution in [0.2, 0.25) is 0 Å². The molecule has 0 aromatic heterocycles. The summed E-state index contributed by atoms with van der Waals surface area (Å²) in [7, 11) is 0. The molecular weight excluding hydrogens is 374 g/mol. The number of aryl methyl sites for hydroxylation is 1. The Morgan fingerprint density at radius 2 is 1.40 bits per heavy atom. The van der Waals surface area contributed by atoms with E-state index in [1.165, 1.54) is 11.1 Å². The number of fused-ring (bicyclic) bond motifs is 1. The van der Waals surface area contributed by atoms with Gasteiger partial charge in [-0.15, -0.1) is 0 Å². The van der Waals surface area contributed by atoms with E-state index >= 15 is 0 Å². The van der Waals surface area contributed by atoms with Crippen LogP contribution in [-0.4, -0.2) is 39.8 Å². The van der Waals surface area contributed by atoms with Crippen molar-refractivity contribution in [1.29, 1.82) is 0 Å². The summed E-state index contributed by atoms with van der Waals surface area (Å²) >= 11 is 0. The molecule has 0 saturated carbocycles. The van der Waals surface area contributed by atoms with Crippen LogP contribution in [0.4, 0.5) is 0 Å². The van der Waals surface area contributed by atoms with Gasteiger partial charge in [0.15, 0.2) is 11.5 Å². The predicted molar refractivity (Wildman–Crippen MR) is 92.8 cm³/mol. The van der Waals surface area contributed by atoms with Gasteiger partial charge < -0.3 is 23.7 Å². The maximum Gasteiger partial charge on any atom is 0.231 e. The van der Waals surface area contributed by atoms with Gasteiger partial charge in [0.2, 0.25) is 6.79 Å². The Balaban J connectivity index is 0.00000312. The number of benzene rings is 1. The first-order valence-corrected chi connectivity index (χ1v) is 8.99. The Bertz CT molecular complexity index is 481. The smallest absolute Gasteiger partial charge is 0.231 e. The van der Waals surface area contributed by atoms with Crippen LogP contribution in [0.15, 0.2) is 12.1 Å². The number of hydrogen-bond donors (Lipinski definition) is 0. The van der Waals surface area contributed by atoms with Gasteiger partial charge in [0.05, 0.1) is 33.0 Å². The van der Waals surface area contributed by atoms with Crippen LogP contribution < -0.4 is 9.47 Å². The molecule has 138 valence electrons. The number of ether oxygens (including phenoxy) is 5. The van der Waals surface area contributed by atoms with Gasteiger partial charge in [0.25, 0.3) is 0 Å². The predicted octanol–water partition coefficient (Wildman–Crippen LogP) is 3.72. The van der Waals surface area contributed by atoms with Crippen LogP contribution in [0.5, 0.6) is 11.5 Å². The van der Waals surface area contributed by atoms with Crippen molar-refractivity contribution in [3.63, 3.8) is 0 Å². The molecule has 0 unspecified atom stereocenters. The van der Waals surface area contributed by atoms with Crippen LogP contribution in [0.3, 0.4) is 0 Å². The molecule has 2 rings (SSSR count). The standard InChI is InChI=1S/C19H30O5.Zn/c1-3-5-7-20-8-9-21-10-11-22-14-17-13-19-18(23-15-24-19)12-16(17)6-4-2;/h12-13H,3-11,14-15H2,1-2H3;. The van der Waals surface area contributed by atoms with E-state index in [2.05, 4.69) is 19.9 Å². The first kappa shape index (κ1) is 22.4. The summed E-state index contributed by atoms with van der Waals surface area (Å²) in [6.45, 7) is 8.47. The molecule has 6 heteroatoms. The monoisotopic (exact) mass is 402 g/mol. The maximum atomic E-state index is 5.75. The Hall–Kier alpha value is -0.677. The molecule has 0 spiro atoms. The molecular formula is C19H30O5Zn. The normalized spacial score (nSPS) is 12.2. The fourth-order valence-electron chi connectivity index (χ4n) is 2.53. The van der Waals surface area contributed by atoms with E-state index in [-0.39, 0.29) is 19.5 Å². The molecule has 25 heavy (non-hydrogen) atoms. The Morgan fingerprint density at radius 3 is 2.04 bits per heavy atom. The van der Waals surface area contributed by atoms with Crippen molar-refractivity contribution in [2.45, 2.75) is 46.1 Å². The zero-order valence-corrected chi connectivity index (χ0v) is 18.6. The van der Waals surface area contributed by atoms with Gasteiger partial charge in [-0.2, -0.15) is 0 Å². The number of hydrogen-bond acceptors (Lipinski definition) is 5. The average Bonchev–Trinajstić information content (AvgIpc) is 3.04. The molecule has 0 saturated heterocycles. The van der Waals surface area contributed by atoms with Gasteiger partial charge in [0.1, 0.15) is 0 Å². The third kappa shape index (κ3) is 8.04. The van der Waals surface area contributed by atoms with Crippen LogP contribution >= 0.6 is 0 Å². The largest absolute Gasteiger partial charge is 0.454 e. The molecule has 1 heterocycles. The molecule has 1 aromatic rings. The Kier molecular flexibility index (Phi) is 12.1. The summed E-state index contributed by atoms with van der Waals surface area (Å²) in [4.78, 5) is 0. The molecule has 0 aliphatic carbocycles. The first-order chi connectivity index (χ1) is 11.8. The van der Waals surface area contributed by atoms with E-state index in [1.807, 2.05) is 6.07 Å². The SMILES string of the molecule is CCCCOCCOCCOCc1cc2c(cc1CCC)OCO2.[Zn]. The second kappa shape index (κ2) is 13.5. The second-order valence-corrected chi connectivity index (χ2v) is 5.86. The van der Waals surface area contributed by atoms with Gasteiger partial charge in [-0.05, 0) is 36.1 Å². The molecule has 0 fully saturated rings. The minimum absolute atomic E-state index is 0. The molecule has 0 amide bonds. The van der Waals surface area contributed by atoms with E-state index in [1.54, 1.807) is 0 Å². The molecule has 0 N–H and O–H groups in total. The number of unbranched alkanes of at least 4 members (excludes halogenated alkanes) is 1. The van der Waals surface area contributed by atoms with Crippen molar-refractivity contribution >= 4 is 0 Å². The quantitative estimate of drug-likeness (QED) is 0.371. The van der Waals surface area contributed by atoms with Crippen molar-refractivity contribution in [1.82, 2.24) is 0 Å². The van der Waals surface area contributed by atoms with Crippen molar-refractivity contribution in [2.24, 2.45) is 0 Å². The van der Waals surface area contributed by atoms with Gasteiger partial charge >= 0.3 is 0 Å². The molecule has 5 nitrogen and oxygen atoms in total. The van der Waals surface area contributed by atoms with Gasteiger partial charge in [-0.25, -0.2) is 0 Å². The molecule has 0 radical (unpaired) electrons. The van der Waals surface area contributed by atoms with E-state index in [0.29, 0.717) is 39.8 Å². The minimum Gasteiger partial charge on any atom is -0.454 e. The maximum absolute atomic E-state index is 5.75. The minimum atomic E-state index is 0. The molecule has 0 bridgehead atoms. The van der Waals surface area contributed by atoms with Crippen molar-refractivity contribution in [3.8, 4) is 11.5 Å². The fourth-order valence-corrected chi connectivity index (χ4v) is 2.53. The Morgan fingerprint density at radius 1 is 0.800 bits per heavy atom. The second-order valence-electron chi connectivity index (χ2n) is 5.86. The summed E-state index contributed by atoms with van der Waals surface area (Å²) in [5.41, 5.74) is 2.44. The Labute approximate surface area is 164 Å². The zero-order valence-electron chi connectivity index (χ0n) is 15.7. The summed E-state index contributed by atoms with van der Waals surface area (Å²) < 4.78 is 27.6. The van der Waals surface area contributed by atoms with E-state index < -0.39 is 0 Å². The van der Waals surface area contributed by atoms with Crippen LogP contribution in [0.25, 0.3) is 0 Å². The van der Waals surface area contributed by atoms with E-state index in [9.17, 15) is 0 Å². The summed E-state index contributed by atoms with van der Waals surface area (Å²) in [5, 5.41) is 0. The van der Waals surface area contributed by atoms with Crippen LogP contribution in [0, 0.1) is 0 Å². The van der Waals surface area contributed by atoms with Crippen molar-refractivity contribution in [3.05, 3.63) is 23.3 Å². The fraction of sp³-hybridized carbons (Fsp3) is 0.684. The summed E-state index contributed by atoms with van der Waals surface area (Å²) in [6, 6.07) is 4.12. The van der Waals surface area contributed by atoms with Crippen LogP contribution in [0.1, 0.15) is 44.2 Å². The zero-order chi connectivity index (χ0) is 17.0. The molecule has 1 aromatic carbocycles. The molecule has 0 atom stereocenters. The third-order valence-corrected chi connectivity index (χ3v) is 3.86. The van der Waals surface area contributed by atoms with Crippen molar-refractivity contribution < 1.29 is 43.2 Å². The molecule has 1 aliphatic heterocycles. The van der Waals surface area contributed by atoms with E-state index in [0.717, 1.165) is 43.8 Å². The van der Waals surface area contributed by atoms with Gasteiger partial charge in [-0.1, -0.05) is 26.7 Å². The van der Waals surface area contributed by atoms with Crippen molar-refractivity contribution in [2.75, 3.05) is 39.8 Å². The molecule has 1 aliphatic rings. The first-order valence-electron chi connectivity index (χ1n) is 8.99. The number of rotatable bonds is 13. The van der Waals surface area contributed by atoms with Gasteiger partial charge in [0, 0.05) is 26.1 Å². The topological polar surface area (TPSA) is 46.2 Å². The van der Waals surface area contributed by atoms with Gasteiger partial charge in [-0.3, -0.25) is 0 Å². The van der Waals surface area contributed by atoms with E-state index in [4.69, 9.17) is 23.7 Å². The summed E-state index contributed by atoms with van der Waals surface area (Å²) in [6.07, 6.45) is 4.38.